The third kappa shape index (κ3) is 7.12. The van der Waals surface area contributed by atoms with E-state index in [1.807, 2.05) is 0 Å². The molecule has 2 aliphatic heterocycles. The number of hydroxylamine groups is 2. The second kappa shape index (κ2) is 10.9. The second-order valence-electron chi connectivity index (χ2n) is 7.55. The SMILES string of the molecule is CC1CCCC(C)N1C[13C](=O)NCC[13C](=O)NCC[13C](=O)ON1C(=O)CCC1=O. The van der Waals surface area contributed by atoms with Crippen LogP contribution in [-0.4, -0.2) is 71.3 Å². The Morgan fingerprint density at radius 2 is 1.48 bits per heavy atom. The van der Waals surface area contributed by atoms with Crippen LogP contribution in [-0.2, 0) is 28.8 Å². The van der Waals surface area contributed by atoms with E-state index in [4.69, 9.17) is 4.84 Å². The standard InChI is InChI=1S/C19H30N4O6/c1-13-4-3-5-14(2)22(13)12-16(25)21-10-8-15(24)20-11-9-19(28)29-23-17(26)6-7-18(23)27/h13-14H,3-12H2,1-2H3,(H,20,24)(H,21,25)/i15+1,16+1,19+1. The minimum atomic E-state index is -0.771. The molecule has 0 radical (unpaired) electrons. The molecule has 0 aromatic carbocycles. The molecule has 2 rings (SSSR count). The van der Waals surface area contributed by atoms with Crippen molar-refractivity contribution in [2.75, 3.05) is 19.6 Å². The van der Waals surface area contributed by atoms with Crippen molar-refractivity contribution in [2.45, 2.75) is 70.9 Å². The van der Waals surface area contributed by atoms with Crippen LogP contribution < -0.4 is 10.6 Å². The Morgan fingerprint density at radius 1 is 0.931 bits per heavy atom. The highest BCUT2D eigenvalue weighted by Crippen LogP contribution is 2.21. The van der Waals surface area contributed by atoms with Crippen molar-refractivity contribution in [1.82, 2.24) is 20.6 Å². The summed E-state index contributed by atoms with van der Waals surface area (Å²) in [6, 6.07) is 0.748. The molecule has 29 heavy (non-hydrogen) atoms. The fourth-order valence-corrected chi connectivity index (χ4v) is 3.52. The predicted octanol–water partition coefficient (Wildman–Crippen LogP) is -0.131. The highest BCUT2D eigenvalue weighted by Gasteiger charge is 2.32. The summed E-state index contributed by atoms with van der Waals surface area (Å²) in [7, 11) is 0. The number of amides is 4. The molecule has 4 amide bonds. The van der Waals surface area contributed by atoms with Crippen molar-refractivity contribution < 1.29 is 28.8 Å². The number of nitrogens with zero attached hydrogens (tertiary/aromatic N) is 2. The molecular formula is C19H30N4O6. The van der Waals surface area contributed by atoms with Crippen LogP contribution in [0.5, 0.6) is 0 Å². The Morgan fingerprint density at radius 3 is 2.10 bits per heavy atom. The number of hydrogen-bond donors (Lipinski definition) is 2. The highest BCUT2D eigenvalue weighted by atomic mass is 16.8. The summed E-state index contributed by atoms with van der Waals surface area (Å²) in [6.07, 6.45) is 3.34. The maximum Gasteiger partial charge on any atom is 0.334 e. The predicted molar refractivity (Wildman–Crippen MR) is 102 cm³/mol. The van der Waals surface area contributed by atoms with Gasteiger partial charge in [-0.1, -0.05) is 6.42 Å². The largest absolute Gasteiger partial charge is 0.355 e. The summed E-state index contributed by atoms with van der Waals surface area (Å²) in [6.45, 7) is 4.80. The Bertz CT molecular complexity index is 627. The maximum atomic E-state index is 12.1. The van der Waals surface area contributed by atoms with E-state index < -0.39 is 17.8 Å². The molecule has 2 unspecified atom stereocenters. The summed E-state index contributed by atoms with van der Waals surface area (Å²) in [4.78, 5) is 65.1. The first-order valence-corrected chi connectivity index (χ1v) is 10.1. The van der Waals surface area contributed by atoms with Gasteiger partial charge in [0.05, 0.1) is 13.0 Å². The van der Waals surface area contributed by atoms with Crippen LogP contribution in [0.15, 0.2) is 0 Å². The molecule has 0 aliphatic carbocycles. The van der Waals surface area contributed by atoms with E-state index in [2.05, 4.69) is 29.4 Å². The van der Waals surface area contributed by atoms with Gasteiger partial charge in [0.15, 0.2) is 0 Å². The molecule has 162 valence electrons. The molecular weight excluding hydrogens is 383 g/mol. The molecule has 0 aromatic heterocycles. The molecule has 0 spiro atoms. The van der Waals surface area contributed by atoms with E-state index in [0.29, 0.717) is 23.7 Å². The van der Waals surface area contributed by atoms with Gasteiger partial charge < -0.3 is 15.5 Å². The summed E-state index contributed by atoms with van der Waals surface area (Å²) in [5, 5.41) is 5.76. The second-order valence-corrected chi connectivity index (χ2v) is 7.55. The van der Waals surface area contributed by atoms with Crippen LogP contribution in [0.4, 0.5) is 0 Å². The fraction of sp³-hybridized carbons (Fsp3) is 0.737. The van der Waals surface area contributed by atoms with Gasteiger partial charge in [-0.05, 0) is 26.7 Å². The molecule has 10 nitrogen and oxygen atoms in total. The Labute approximate surface area is 170 Å². The van der Waals surface area contributed by atoms with Gasteiger partial charge in [-0.25, -0.2) is 4.79 Å². The number of hydrogen-bond acceptors (Lipinski definition) is 7. The molecule has 2 N–H and O–H groups in total. The van der Waals surface area contributed by atoms with Crippen LogP contribution in [0.1, 0.15) is 58.8 Å². The van der Waals surface area contributed by atoms with Crippen molar-refractivity contribution in [2.24, 2.45) is 0 Å². The average molecular weight is 413 g/mol. The maximum absolute atomic E-state index is 12.1. The Balaban J connectivity index is 1.56. The number of carbonyl (C=O) groups is 5. The molecule has 0 saturated carbocycles. The first-order valence-electron chi connectivity index (χ1n) is 10.1. The third-order valence-electron chi connectivity index (χ3n) is 5.23. The van der Waals surface area contributed by atoms with E-state index in [1.165, 1.54) is 6.42 Å². The zero-order chi connectivity index (χ0) is 21.4. The van der Waals surface area contributed by atoms with E-state index >= 15 is 0 Å². The summed E-state index contributed by atoms with van der Waals surface area (Å²) < 4.78 is 0. The number of nitrogens with one attached hydrogen (secondary N) is 2. The van der Waals surface area contributed by atoms with Gasteiger partial charge in [-0.15, -0.1) is 5.06 Å². The van der Waals surface area contributed by atoms with Gasteiger partial charge in [0.2, 0.25) is 11.8 Å². The monoisotopic (exact) mass is 413 g/mol. The van der Waals surface area contributed by atoms with Crippen LogP contribution in [0.25, 0.3) is 0 Å². The minimum Gasteiger partial charge on any atom is -0.355 e. The quantitative estimate of drug-likeness (QED) is 0.398. The number of imide groups is 1. The highest BCUT2D eigenvalue weighted by molar-refractivity contribution is 6.01. The van der Waals surface area contributed by atoms with E-state index in [0.717, 1.165) is 12.8 Å². The molecule has 2 atom stereocenters. The number of piperidine rings is 1. The summed E-state index contributed by atoms with van der Waals surface area (Å²) >= 11 is 0. The molecule has 0 aromatic rings. The fourth-order valence-electron chi connectivity index (χ4n) is 3.52. The molecule has 2 aliphatic rings. The van der Waals surface area contributed by atoms with Gasteiger partial charge in [0.25, 0.3) is 11.8 Å². The van der Waals surface area contributed by atoms with Crippen molar-refractivity contribution >= 4 is 29.6 Å². The zero-order valence-electron chi connectivity index (χ0n) is 17.1. The van der Waals surface area contributed by atoms with Crippen LogP contribution in [0.3, 0.4) is 0 Å². The lowest BCUT2D eigenvalue weighted by molar-refractivity contribution is -0.197. The summed E-state index contributed by atoms with van der Waals surface area (Å²) in [5.74, 6) is -2.28. The lowest BCUT2D eigenvalue weighted by Gasteiger charge is -2.38. The van der Waals surface area contributed by atoms with E-state index in [9.17, 15) is 24.0 Å². The van der Waals surface area contributed by atoms with Crippen molar-refractivity contribution in [3.63, 3.8) is 0 Å². The molecule has 2 fully saturated rings. The third-order valence-corrected chi connectivity index (χ3v) is 5.23. The van der Waals surface area contributed by atoms with Crippen LogP contribution in [0, 0.1) is 0 Å². The Kier molecular flexibility index (Phi) is 8.56. The van der Waals surface area contributed by atoms with E-state index in [-0.39, 0.29) is 50.6 Å². The minimum absolute atomic E-state index is 0.0185. The van der Waals surface area contributed by atoms with Gasteiger partial charge in [0.1, 0.15) is 0 Å². The van der Waals surface area contributed by atoms with Crippen molar-refractivity contribution in [1.29, 1.82) is 0 Å². The van der Waals surface area contributed by atoms with Crippen molar-refractivity contribution in [3.05, 3.63) is 0 Å². The van der Waals surface area contributed by atoms with Gasteiger partial charge in [0, 0.05) is 44.4 Å². The smallest absolute Gasteiger partial charge is 0.334 e. The van der Waals surface area contributed by atoms with Gasteiger partial charge in [-0.3, -0.25) is 24.1 Å². The number of likely N-dealkylation sites (tertiary alicyclic amines) is 1. The number of carbonyl (C=O) groups excluding carboxylic acids is 5. The normalized spacial score (nSPS) is 22.5. The molecule has 10 heteroatoms. The van der Waals surface area contributed by atoms with Crippen LogP contribution in [0.2, 0.25) is 0 Å². The van der Waals surface area contributed by atoms with Crippen LogP contribution >= 0.6 is 0 Å². The lowest BCUT2D eigenvalue weighted by Crippen LogP contribution is -2.49. The molecule has 2 heterocycles. The lowest BCUT2D eigenvalue weighted by atomic mass is 9.98. The Hall–Kier alpha value is -2.49. The van der Waals surface area contributed by atoms with E-state index in [1.54, 1.807) is 0 Å². The first-order chi connectivity index (χ1) is 13.8. The zero-order valence-corrected chi connectivity index (χ0v) is 17.1. The first kappa shape index (κ1) is 22.8. The average Bonchev–Trinajstić information content (AvgIpc) is 2.97. The van der Waals surface area contributed by atoms with Gasteiger partial charge >= 0.3 is 5.97 Å². The summed E-state index contributed by atoms with van der Waals surface area (Å²) in [5.41, 5.74) is 0. The molecule has 2 saturated heterocycles. The molecule has 0 bridgehead atoms. The topological polar surface area (TPSA) is 125 Å². The van der Waals surface area contributed by atoms with Gasteiger partial charge in [-0.2, -0.15) is 0 Å². The number of rotatable bonds is 9. The van der Waals surface area contributed by atoms with Crippen molar-refractivity contribution in [3.8, 4) is 0 Å².